The number of amides is 3. The molecule has 3 amide bonds. The van der Waals surface area contributed by atoms with Gasteiger partial charge in [-0.05, 0) is 49.7 Å². The van der Waals surface area contributed by atoms with Crippen molar-refractivity contribution in [3.05, 3.63) is 35.4 Å². The number of hydrogen-bond donors (Lipinski definition) is 2. The Labute approximate surface area is 149 Å². The second-order valence-corrected chi connectivity index (χ2v) is 7.66. The normalized spacial score (nSPS) is 22.8. The van der Waals surface area contributed by atoms with Crippen molar-refractivity contribution in [3.63, 3.8) is 0 Å². The van der Waals surface area contributed by atoms with E-state index in [4.69, 9.17) is 0 Å². The number of carbonyl (C=O) groups is 2. The monoisotopic (exact) mass is 341 g/mol. The summed E-state index contributed by atoms with van der Waals surface area (Å²) in [7, 11) is 0. The first-order chi connectivity index (χ1) is 12.2. The zero-order valence-corrected chi connectivity index (χ0v) is 14.7. The van der Waals surface area contributed by atoms with Gasteiger partial charge >= 0.3 is 6.03 Å². The van der Waals surface area contributed by atoms with E-state index in [-0.39, 0.29) is 18.0 Å². The Morgan fingerprint density at radius 3 is 2.56 bits per heavy atom. The van der Waals surface area contributed by atoms with E-state index in [1.807, 2.05) is 0 Å². The Kier molecular flexibility index (Phi) is 4.75. The van der Waals surface area contributed by atoms with Crippen LogP contribution in [0, 0.1) is 0 Å². The number of carbonyl (C=O) groups excluding carboxylic acids is 2. The van der Waals surface area contributed by atoms with Gasteiger partial charge in [-0.25, -0.2) is 4.79 Å². The number of benzene rings is 1. The maximum atomic E-state index is 12.4. The van der Waals surface area contributed by atoms with Crippen molar-refractivity contribution >= 4 is 11.9 Å². The van der Waals surface area contributed by atoms with Crippen LogP contribution < -0.4 is 10.6 Å². The lowest BCUT2D eigenvalue weighted by molar-refractivity contribution is -0.122. The molecular weight excluding hydrogens is 314 g/mol. The SMILES string of the molecule is O=C(CN(C1CC1)[C@@H]1CCc2ccccc21)NC(=O)NC1CCCC1. The van der Waals surface area contributed by atoms with Crippen LogP contribution in [0.25, 0.3) is 0 Å². The largest absolute Gasteiger partial charge is 0.335 e. The third kappa shape index (κ3) is 3.87. The van der Waals surface area contributed by atoms with Crippen LogP contribution in [0.2, 0.25) is 0 Å². The van der Waals surface area contributed by atoms with E-state index in [9.17, 15) is 9.59 Å². The number of hydrogen-bond acceptors (Lipinski definition) is 3. The van der Waals surface area contributed by atoms with Gasteiger partial charge in [0, 0.05) is 18.1 Å². The second-order valence-electron chi connectivity index (χ2n) is 7.66. The lowest BCUT2D eigenvalue weighted by Crippen LogP contribution is -2.47. The molecule has 3 aliphatic carbocycles. The zero-order valence-electron chi connectivity index (χ0n) is 14.7. The Morgan fingerprint density at radius 1 is 1.04 bits per heavy atom. The summed E-state index contributed by atoms with van der Waals surface area (Å²) in [5.74, 6) is -0.188. The summed E-state index contributed by atoms with van der Waals surface area (Å²) in [5.41, 5.74) is 2.76. The van der Waals surface area contributed by atoms with Crippen molar-refractivity contribution < 1.29 is 9.59 Å². The van der Waals surface area contributed by atoms with E-state index < -0.39 is 0 Å². The number of nitrogens with zero attached hydrogens (tertiary/aromatic N) is 1. The average molecular weight is 341 g/mol. The maximum Gasteiger partial charge on any atom is 0.321 e. The van der Waals surface area contributed by atoms with Crippen molar-refractivity contribution in [1.82, 2.24) is 15.5 Å². The van der Waals surface area contributed by atoms with Crippen molar-refractivity contribution in [2.75, 3.05) is 6.54 Å². The lowest BCUT2D eigenvalue weighted by atomic mass is 10.1. The molecule has 0 radical (unpaired) electrons. The van der Waals surface area contributed by atoms with Crippen molar-refractivity contribution in [3.8, 4) is 0 Å². The Balaban J connectivity index is 1.36. The third-order valence-electron chi connectivity index (χ3n) is 5.79. The molecular formula is C20H27N3O2. The molecule has 0 heterocycles. The average Bonchev–Trinajstić information content (AvgIpc) is 3.14. The Hall–Kier alpha value is -1.88. The summed E-state index contributed by atoms with van der Waals surface area (Å²) in [6, 6.07) is 9.24. The first kappa shape index (κ1) is 16.6. The minimum absolute atomic E-state index is 0.188. The first-order valence-electron chi connectivity index (χ1n) is 9.64. The van der Waals surface area contributed by atoms with Crippen LogP contribution >= 0.6 is 0 Å². The van der Waals surface area contributed by atoms with Gasteiger partial charge in [-0.3, -0.25) is 15.0 Å². The van der Waals surface area contributed by atoms with Gasteiger partial charge in [-0.1, -0.05) is 37.1 Å². The van der Waals surface area contributed by atoms with Crippen LogP contribution in [0.4, 0.5) is 4.79 Å². The summed E-state index contributed by atoms with van der Waals surface area (Å²) >= 11 is 0. The highest BCUT2D eigenvalue weighted by Gasteiger charge is 2.38. The van der Waals surface area contributed by atoms with Crippen molar-refractivity contribution in [1.29, 1.82) is 0 Å². The van der Waals surface area contributed by atoms with E-state index in [1.165, 1.54) is 11.1 Å². The van der Waals surface area contributed by atoms with Crippen LogP contribution in [-0.2, 0) is 11.2 Å². The molecule has 0 unspecified atom stereocenters. The Bertz CT molecular complexity index is 650. The zero-order chi connectivity index (χ0) is 17.2. The fourth-order valence-electron chi connectivity index (χ4n) is 4.40. The van der Waals surface area contributed by atoms with Gasteiger partial charge < -0.3 is 5.32 Å². The topological polar surface area (TPSA) is 61.4 Å². The molecule has 0 aliphatic heterocycles. The molecule has 2 fully saturated rings. The van der Waals surface area contributed by atoms with Gasteiger partial charge in [0.1, 0.15) is 0 Å². The number of urea groups is 1. The highest BCUT2D eigenvalue weighted by atomic mass is 16.2. The van der Waals surface area contributed by atoms with Crippen LogP contribution in [0.5, 0.6) is 0 Å². The molecule has 5 heteroatoms. The van der Waals surface area contributed by atoms with Gasteiger partial charge in [0.25, 0.3) is 0 Å². The van der Waals surface area contributed by atoms with Gasteiger partial charge in [0.2, 0.25) is 5.91 Å². The van der Waals surface area contributed by atoms with Crippen molar-refractivity contribution in [2.24, 2.45) is 0 Å². The van der Waals surface area contributed by atoms with E-state index in [1.54, 1.807) is 0 Å². The molecule has 3 aliphatic rings. The number of nitrogens with one attached hydrogen (secondary N) is 2. The fourth-order valence-corrected chi connectivity index (χ4v) is 4.40. The standard InChI is InChI=1S/C20H27N3O2/c24-19(22-20(25)21-15-6-2-3-7-15)13-23(16-10-11-16)18-12-9-14-5-1-4-8-17(14)18/h1,4-5,8,15-16,18H,2-3,6-7,9-13H2,(H2,21,22,24,25)/t18-/m1/s1. The van der Waals surface area contributed by atoms with E-state index in [0.717, 1.165) is 51.4 Å². The molecule has 0 aromatic heterocycles. The molecule has 1 aromatic carbocycles. The van der Waals surface area contributed by atoms with Crippen LogP contribution in [-0.4, -0.2) is 35.5 Å². The van der Waals surface area contributed by atoms with Gasteiger partial charge in [0.05, 0.1) is 6.54 Å². The summed E-state index contributed by atoms with van der Waals surface area (Å²) in [6.45, 7) is 0.307. The molecule has 0 bridgehead atoms. The summed E-state index contributed by atoms with van der Waals surface area (Å²) in [5, 5.41) is 5.46. The molecule has 0 saturated heterocycles. The van der Waals surface area contributed by atoms with Gasteiger partial charge in [-0.15, -0.1) is 0 Å². The fraction of sp³-hybridized carbons (Fsp3) is 0.600. The molecule has 1 aromatic rings. The van der Waals surface area contributed by atoms with Gasteiger partial charge in [0.15, 0.2) is 0 Å². The summed E-state index contributed by atoms with van der Waals surface area (Å²) in [4.78, 5) is 26.8. The minimum Gasteiger partial charge on any atom is -0.335 e. The second kappa shape index (κ2) is 7.16. The highest BCUT2D eigenvalue weighted by Crippen LogP contribution is 2.41. The molecule has 134 valence electrons. The van der Waals surface area contributed by atoms with Crippen LogP contribution in [0.3, 0.4) is 0 Å². The van der Waals surface area contributed by atoms with E-state index >= 15 is 0 Å². The van der Waals surface area contributed by atoms with Crippen LogP contribution in [0.15, 0.2) is 24.3 Å². The molecule has 0 spiro atoms. The molecule has 5 nitrogen and oxygen atoms in total. The Morgan fingerprint density at radius 2 is 1.80 bits per heavy atom. The quantitative estimate of drug-likeness (QED) is 0.866. The van der Waals surface area contributed by atoms with Crippen molar-refractivity contribution in [2.45, 2.75) is 69.5 Å². The molecule has 2 saturated carbocycles. The molecule has 25 heavy (non-hydrogen) atoms. The number of imide groups is 1. The van der Waals surface area contributed by atoms with Gasteiger partial charge in [-0.2, -0.15) is 0 Å². The first-order valence-corrected chi connectivity index (χ1v) is 9.64. The van der Waals surface area contributed by atoms with E-state index in [0.29, 0.717) is 18.6 Å². The number of fused-ring (bicyclic) bond motifs is 1. The third-order valence-corrected chi connectivity index (χ3v) is 5.79. The highest BCUT2D eigenvalue weighted by molar-refractivity contribution is 5.95. The molecule has 4 rings (SSSR count). The molecule has 1 atom stereocenters. The van der Waals surface area contributed by atoms with Crippen LogP contribution in [0.1, 0.15) is 62.1 Å². The predicted molar refractivity (Wildman–Crippen MR) is 96.2 cm³/mol. The summed E-state index contributed by atoms with van der Waals surface area (Å²) in [6.07, 6.45) is 8.82. The minimum atomic E-state index is -0.334. The lowest BCUT2D eigenvalue weighted by Gasteiger charge is -2.29. The number of aryl methyl sites for hydroxylation is 1. The number of rotatable bonds is 5. The predicted octanol–water partition coefficient (Wildman–Crippen LogP) is 2.91. The molecule has 2 N–H and O–H groups in total. The van der Waals surface area contributed by atoms with E-state index in [2.05, 4.69) is 39.8 Å². The summed E-state index contributed by atoms with van der Waals surface area (Å²) < 4.78 is 0. The maximum absolute atomic E-state index is 12.4. The smallest absolute Gasteiger partial charge is 0.321 e.